The van der Waals surface area contributed by atoms with Gasteiger partial charge in [0.05, 0.1) is 27.6 Å². The van der Waals surface area contributed by atoms with E-state index in [2.05, 4.69) is 25.8 Å². The third-order valence-electron chi connectivity index (χ3n) is 4.24. The van der Waals surface area contributed by atoms with Gasteiger partial charge in [0.2, 0.25) is 0 Å². The van der Waals surface area contributed by atoms with E-state index in [0.29, 0.717) is 22.8 Å². The van der Waals surface area contributed by atoms with Crippen molar-refractivity contribution in [2.45, 2.75) is 24.5 Å². The molecule has 4 aromatic rings. The van der Waals surface area contributed by atoms with Crippen LogP contribution in [0.4, 0.5) is 10.1 Å². The molecule has 0 aliphatic rings. The molecule has 0 fully saturated rings. The zero-order chi connectivity index (χ0) is 21.1. The number of nitrogens with zero attached hydrogens (tertiary/aromatic N) is 5. The highest BCUT2D eigenvalue weighted by Crippen LogP contribution is 2.28. The summed E-state index contributed by atoms with van der Waals surface area (Å²) in [6.45, 7) is 3.69. The number of aryl methyl sites for hydroxylation is 2. The second-order valence-electron chi connectivity index (χ2n) is 6.40. The minimum Gasteiger partial charge on any atom is -0.319 e. The highest BCUT2D eigenvalue weighted by Gasteiger charge is 2.15. The zero-order valence-electron chi connectivity index (χ0n) is 16.2. The van der Waals surface area contributed by atoms with Gasteiger partial charge in [-0.3, -0.25) is 4.79 Å². The first kappa shape index (κ1) is 20.2. The summed E-state index contributed by atoms with van der Waals surface area (Å²) in [5.74, 6) is 0.271. The second kappa shape index (κ2) is 8.72. The van der Waals surface area contributed by atoms with E-state index in [-0.39, 0.29) is 5.69 Å². The summed E-state index contributed by atoms with van der Waals surface area (Å²) < 4.78 is 15.8. The predicted molar refractivity (Wildman–Crippen MR) is 115 cm³/mol. The molecule has 1 amide bonds. The number of carbonyl (C=O) groups excluding carboxylic acids is 1. The average molecular weight is 441 g/mol. The van der Waals surface area contributed by atoms with Gasteiger partial charge in [0, 0.05) is 16.0 Å². The van der Waals surface area contributed by atoms with E-state index in [0.717, 1.165) is 15.6 Å². The van der Waals surface area contributed by atoms with Crippen LogP contribution in [0.2, 0.25) is 0 Å². The molecule has 0 spiro atoms. The molecule has 2 aromatic carbocycles. The first-order valence-electron chi connectivity index (χ1n) is 9.00. The van der Waals surface area contributed by atoms with E-state index in [9.17, 15) is 9.18 Å². The van der Waals surface area contributed by atoms with Gasteiger partial charge in [0.1, 0.15) is 5.82 Å². The Bertz CT molecular complexity index is 1210. The van der Waals surface area contributed by atoms with Crippen LogP contribution < -0.4 is 5.32 Å². The maximum atomic E-state index is 14.4. The van der Waals surface area contributed by atoms with Crippen molar-refractivity contribution in [1.82, 2.24) is 25.2 Å². The first-order valence-corrected chi connectivity index (χ1v) is 10.9. The van der Waals surface area contributed by atoms with Gasteiger partial charge < -0.3 is 5.32 Å². The van der Waals surface area contributed by atoms with Crippen molar-refractivity contribution in [3.63, 3.8) is 0 Å². The smallest absolute Gasteiger partial charge is 0.256 e. The fraction of sp³-hybridized carbons (Fsp3) is 0.150. The molecular formula is C20H17FN6OS2. The summed E-state index contributed by atoms with van der Waals surface area (Å²) in [7, 11) is 0. The van der Waals surface area contributed by atoms with Crippen molar-refractivity contribution in [2.24, 2.45) is 0 Å². The van der Waals surface area contributed by atoms with E-state index < -0.39 is 11.7 Å². The van der Waals surface area contributed by atoms with Crippen molar-refractivity contribution < 1.29 is 9.18 Å². The minimum atomic E-state index is -0.541. The molecule has 1 N–H and O–H groups in total. The van der Waals surface area contributed by atoms with Crippen LogP contribution in [0.5, 0.6) is 0 Å². The number of amides is 1. The third-order valence-corrected chi connectivity index (χ3v) is 6.17. The van der Waals surface area contributed by atoms with Crippen LogP contribution in [0.3, 0.4) is 0 Å². The Balaban J connectivity index is 1.55. The van der Waals surface area contributed by atoms with Gasteiger partial charge in [-0.1, -0.05) is 12.1 Å². The average Bonchev–Trinajstić information content (AvgIpc) is 3.36. The normalized spacial score (nSPS) is 10.9. The molecule has 0 aliphatic heterocycles. The van der Waals surface area contributed by atoms with E-state index in [1.807, 2.05) is 24.4 Å². The number of anilines is 1. The molecule has 4 rings (SSSR count). The Hall–Kier alpha value is -3.11. The monoisotopic (exact) mass is 440 g/mol. The van der Waals surface area contributed by atoms with Crippen LogP contribution in [-0.4, -0.2) is 31.1 Å². The van der Waals surface area contributed by atoms with E-state index in [1.54, 1.807) is 36.5 Å². The number of halogens is 1. The summed E-state index contributed by atoms with van der Waals surface area (Å²) in [4.78, 5) is 18.2. The molecule has 0 aliphatic carbocycles. The van der Waals surface area contributed by atoms with E-state index in [1.165, 1.54) is 28.6 Å². The van der Waals surface area contributed by atoms with Gasteiger partial charge >= 0.3 is 0 Å². The lowest BCUT2D eigenvalue weighted by atomic mass is 10.2. The van der Waals surface area contributed by atoms with Crippen LogP contribution in [0.15, 0.2) is 52.7 Å². The summed E-state index contributed by atoms with van der Waals surface area (Å²) in [5, 5.41) is 17.0. The van der Waals surface area contributed by atoms with Crippen molar-refractivity contribution >= 4 is 34.7 Å². The highest BCUT2D eigenvalue weighted by atomic mass is 32.2. The molecule has 0 atom stereocenters. The van der Waals surface area contributed by atoms with Crippen molar-refractivity contribution in [3.8, 4) is 5.69 Å². The number of carbonyl (C=O) groups is 1. The third kappa shape index (κ3) is 4.39. The lowest BCUT2D eigenvalue weighted by Gasteiger charge is -2.11. The van der Waals surface area contributed by atoms with Gasteiger partial charge in [-0.05, 0) is 54.6 Å². The van der Waals surface area contributed by atoms with Gasteiger partial charge in [-0.15, -0.1) is 28.2 Å². The summed E-state index contributed by atoms with van der Waals surface area (Å²) in [6, 6.07) is 11.6. The number of rotatable bonds is 6. The van der Waals surface area contributed by atoms with Gasteiger partial charge in [-0.25, -0.2) is 9.37 Å². The Morgan fingerprint density at radius 2 is 2.07 bits per heavy atom. The summed E-state index contributed by atoms with van der Waals surface area (Å²) in [6.07, 6.45) is 0. The molecule has 10 heteroatoms. The molecule has 152 valence electrons. The number of tetrazole rings is 1. The fourth-order valence-corrected chi connectivity index (χ4v) is 4.47. The SMILES string of the molecule is Cc1nc(CSc2ccccc2C(=O)Nc2cc(-n3nnnc3C)ccc2F)cs1. The molecule has 0 saturated carbocycles. The highest BCUT2D eigenvalue weighted by molar-refractivity contribution is 7.98. The molecule has 0 bridgehead atoms. The molecule has 7 nitrogen and oxygen atoms in total. The number of hydrogen-bond donors (Lipinski definition) is 1. The maximum absolute atomic E-state index is 14.4. The van der Waals surface area contributed by atoms with Crippen molar-refractivity contribution in [2.75, 3.05) is 5.32 Å². The summed E-state index contributed by atoms with van der Waals surface area (Å²) in [5.41, 5.74) is 2.05. The molecule has 0 saturated heterocycles. The Morgan fingerprint density at radius 1 is 1.23 bits per heavy atom. The number of benzene rings is 2. The van der Waals surface area contributed by atoms with E-state index >= 15 is 0 Å². The molecular weight excluding hydrogens is 423 g/mol. The largest absolute Gasteiger partial charge is 0.319 e. The number of nitrogens with one attached hydrogen (secondary N) is 1. The van der Waals surface area contributed by atoms with Crippen LogP contribution in [0.25, 0.3) is 5.69 Å². The van der Waals surface area contributed by atoms with Crippen LogP contribution >= 0.6 is 23.1 Å². The lowest BCUT2D eigenvalue weighted by molar-refractivity contribution is 0.102. The number of hydrogen-bond acceptors (Lipinski definition) is 7. The Morgan fingerprint density at radius 3 is 2.80 bits per heavy atom. The molecule has 2 heterocycles. The van der Waals surface area contributed by atoms with Gasteiger partial charge in [0.15, 0.2) is 5.82 Å². The number of thiazole rings is 1. The molecule has 0 unspecified atom stereocenters. The lowest BCUT2D eigenvalue weighted by Crippen LogP contribution is -2.14. The standard InChI is InChI=1S/C20H17FN6OS2/c1-12-24-25-26-27(12)15-7-8-17(21)18(9-15)23-20(28)16-5-3-4-6-19(16)30-11-14-10-29-13(2)22-14/h3-10H,11H2,1-2H3,(H,23,28). The molecule has 30 heavy (non-hydrogen) atoms. The molecule has 0 radical (unpaired) electrons. The Kier molecular flexibility index (Phi) is 5.86. The first-order chi connectivity index (χ1) is 14.5. The maximum Gasteiger partial charge on any atom is 0.256 e. The Labute approximate surface area is 180 Å². The minimum absolute atomic E-state index is 0.0577. The summed E-state index contributed by atoms with van der Waals surface area (Å²) >= 11 is 3.11. The van der Waals surface area contributed by atoms with Gasteiger partial charge in [-0.2, -0.15) is 4.68 Å². The van der Waals surface area contributed by atoms with Crippen LogP contribution in [0, 0.1) is 19.7 Å². The zero-order valence-corrected chi connectivity index (χ0v) is 17.8. The number of thioether (sulfide) groups is 1. The predicted octanol–water partition coefficient (Wildman–Crippen LogP) is 4.42. The van der Waals surface area contributed by atoms with Crippen molar-refractivity contribution in [1.29, 1.82) is 0 Å². The number of aromatic nitrogens is 5. The quantitative estimate of drug-likeness (QED) is 0.447. The van der Waals surface area contributed by atoms with E-state index in [4.69, 9.17) is 0 Å². The van der Waals surface area contributed by atoms with Crippen LogP contribution in [-0.2, 0) is 5.75 Å². The fourth-order valence-electron chi connectivity index (χ4n) is 2.81. The van der Waals surface area contributed by atoms with Crippen LogP contribution in [0.1, 0.15) is 26.9 Å². The van der Waals surface area contributed by atoms with Gasteiger partial charge in [0.25, 0.3) is 5.91 Å². The molecule has 2 aromatic heterocycles. The second-order valence-corrected chi connectivity index (χ2v) is 8.48. The van der Waals surface area contributed by atoms with Crippen molar-refractivity contribution in [3.05, 3.63) is 75.8 Å². The topological polar surface area (TPSA) is 85.6 Å².